The van der Waals surface area contributed by atoms with Gasteiger partial charge in [0.25, 0.3) is 0 Å². The number of allylic oxidation sites excluding steroid dienone is 1. The smallest absolute Gasteiger partial charge is 0.330 e. The number of benzene rings is 2. The highest BCUT2D eigenvalue weighted by Gasteiger charge is 2.29. The van der Waals surface area contributed by atoms with Crippen LogP contribution in [0.2, 0.25) is 0 Å². The predicted octanol–water partition coefficient (Wildman–Crippen LogP) is 3.60. The van der Waals surface area contributed by atoms with Crippen LogP contribution in [-0.4, -0.2) is 24.5 Å². The number of hydrogen-bond donors (Lipinski definition) is 0. The first-order chi connectivity index (χ1) is 14.1. The van der Waals surface area contributed by atoms with Crippen molar-refractivity contribution in [2.24, 2.45) is 5.92 Å². The van der Waals surface area contributed by atoms with E-state index in [-0.39, 0.29) is 26.2 Å². The number of carbonyl (C=O) groups excluding carboxylic acids is 3. The summed E-state index contributed by atoms with van der Waals surface area (Å²) in [5, 5.41) is 0. The standard InChI is InChI=1S/C23H24O6/c1-2-27-21(24)15-9-14-20(22(25)28-16-18-10-5-3-6-11-18)23(26)29-17-19-12-7-4-8-13-19/h3-13,15,20H,2,14,16-17H2,1H3/b15-9+. The largest absolute Gasteiger partial charge is 0.463 e. The van der Waals surface area contributed by atoms with Gasteiger partial charge >= 0.3 is 17.9 Å². The second-order valence-electron chi connectivity index (χ2n) is 6.13. The minimum Gasteiger partial charge on any atom is -0.463 e. The summed E-state index contributed by atoms with van der Waals surface area (Å²) in [4.78, 5) is 36.4. The van der Waals surface area contributed by atoms with E-state index >= 15 is 0 Å². The zero-order valence-electron chi connectivity index (χ0n) is 16.3. The second-order valence-corrected chi connectivity index (χ2v) is 6.13. The molecule has 0 aliphatic heterocycles. The number of ether oxygens (including phenoxy) is 3. The van der Waals surface area contributed by atoms with Crippen LogP contribution in [-0.2, 0) is 41.8 Å². The minimum absolute atomic E-state index is 0.0277. The molecule has 0 spiro atoms. The Bertz CT molecular complexity index is 758. The van der Waals surface area contributed by atoms with Crippen LogP contribution in [0.5, 0.6) is 0 Å². The Labute approximate surface area is 170 Å². The molecular weight excluding hydrogens is 372 g/mol. The maximum Gasteiger partial charge on any atom is 0.330 e. The van der Waals surface area contributed by atoms with Gasteiger partial charge in [-0.1, -0.05) is 66.7 Å². The summed E-state index contributed by atoms with van der Waals surface area (Å²) in [6.45, 7) is 2.02. The summed E-state index contributed by atoms with van der Waals surface area (Å²) in [7, 11) is 0. The molecule has 0 amide bonds. The maximum atomic E-state index is 12.5. The Kier molecular flexibility index (Phi) is 9.15. The van der Waals surface area contributed by atoms with Gasteiger partial charge in [0.05, 0.1) is 6.61 Å². The first-order valence-electron chi connectivity index (χ1n) is 9.34. The highest BCUT2D eigenvalue weighted by molar-refractivity contribution is 5.95. The molecule has 0 N–H and O–H groups in total. The van der Waals surface area contributed by atoms with Gasteiger partial charge < -0.3 is 14.2 Å². The number of esters is 3. The molecule has 0 fully saturated rings. The molecule has 0 saturated carbocycles. The van der Waals surface area contributed by atoms with E-state index in [2.05, 4.69) is 0 Å². The summed E-state index contributed by atoms with van der Waals surface area (Å²) in [5.74, 6) is -3.13. The van der Waals surface area contributed by atoms with E-state index in [1.54, 1.807) is 6.92 Å². The molecule has 0 saturated heterocycles. The van der Waals surface area contributed by atoms with Crippen molar-refractivity contribution in [3.05, 3.63) is 83.9 Å². The Morgan fingerprint density at radius 2 is 1.28 bits per heavy atom. The summed E-state index contributed by atoms with van der Waals surface area (Å²) >= 11 is 0. The van der Waals surface area contributed by atoms with Crippen molar-refractivity contribution >= 4 is 17.9 Å². The van der Waals surface area contributed by atoms with E-state index in [0.717, 1.165) is 11.1 Å². The van der Waals surface area contributed by atoms with Crippen LogP contribution in [0, 0.1) is 5.92 Å². The molecule has 0 bridgehead atoms. The van der Waals surface area contributed by atoms with Crippen molar-refractivity contribution < 1.29 is 28.6 Å². The lowest BCUT2D eigenvalue weighted by Gasteiger charge is -2.14. The highest BCUT2D eigenvalue weighted by Crippen LogP contribution is 2.14. The van der Waals surface area contributed by atoms with E-state index in [1.165, 1.54) is 12.2 Å². The fourth-order valence-electron chi connectivity index (χ4n) is 2.44. The lowest BCUT2D eigenvalue weighted by Crippen LogP contribution is -2.27. The van der Waals surface area contributed by atoms with Crippen molar-refractivity contribution in [2.45, 2.75) is 26.6 Å². The summed E-state index contributed by atoms with van der Waals surface area (Å²) in [6, 6.07) is 18.3. The molecule has 0 aromatic heterocycles. The molecule has 0 heterocycles. The van der Waals surface area contributed by atoms with Gasteiger partial charge in [-0.2, -0.15) is 0 Å². The van der Waals surface area contributed by atoms with Crippen molar-refractivity contribution in [1.29, 1.82) is 0 Å². The molecule has 2 rings (SSSR count). The summed E-state index contributed by atoms with van der Waals surface area (Å²) in [6.07, 6.45) is 2.57. The minimum atomic E-state index is -1.17. The molecule has 0 radical (unpaired) electrons. The molecule has 0 aliphatic rings. The maximum absolute atomic E-state index is 12.5. The van der Waals surface area contributed by atoms with Crippen LogP contribution in [0.1, 0.15) is 24.5 Å². The van der Waals surface area contributed by atoms with E-state index in [9.17, 15) is 14.4 Å². The van der Waals surface area contributed by atoms with Crippen LogP contribution >= 0.6 is 0 Å². The molecule has 0 unspecified atom stereocenters. The van der Waals surface area contributed by atoms with Crippen LogP contribution in [0.15, 0.2) is 72.8 Å². The topological polar surface area (TPSA) is 78.9 Å². The van der Waals surface area contributed by atoms with Crippen LogP contribution in [0.4, 0.5) is 0 Å². The SMILES string of the molecule is CCOC(=O)/C=C/CC(C(=O)OCc1ccccc1)C(=O)OCc1ccccc1. The molecule has 6 heteroatoms. The van der Waals surface area contributed by atoms with Gasteiger partial charge in [0.1, 0.15) is 13.2 Å². The lowest BCUT2D eigenvalue weighted by molar-refractivity contribution is -0.163. The third-order valence-electron chi connectivity index (χ3n) is 3.93. The second kappa shape index (κ2) is 12.1. The first kappa shape index (κ1) is 21.9. The number of rotatable bonds is 10. The molecule has 29 heavy (non-hydrogen) atoms. The zero-order chi connectivity index (χ0) is 20.9. The quantitative estimate of drug-likeness (QED) is 0.264. The Hall–Kier alpha value is -3.41. The third kappa shape index (κ3) is 8.01. The first-order valence-corrected chi connectivity index (χ1v) is 9.34. The predicted molar refractivity (Wildman–Crippen MR) is 106 cm³/mol. The normalized spacial score (nSPS) is 10.7. The van der Waals surface area contributed by atoms with Crippen molar-refractivity contribution in [3.63, 3.8) is 0 Å². The Morgan fingerprint density at radius 1 is 0.793 bits per heavy atom. The van der Waals surface area contributed by atoms with Gasteiger partial charge in [-0.05, 0) is 24.5 Å². The van der Waals surface area contributed by atoms with Crippen LogP contribution in [0.25, 0.3) is 0 Å². The van der Waals surface area contributed by atoms with Crippen LogP contribution in [0.3, 0.4) is 0 Å². The van der Waals surface area contributed by atoms with Crippen molar-refractivity contribution in [1.82, 2.24) is 0 Å². The zero-order valence-corrected chi connectivity index (χ0v) is 16.3. The van der Waals surface area contributed by atoms with Gasteiger partial charge in [0.2, 0.25) is 0 Å². The van der Waals surface area contributed by atoms with E-state index in [1.807, 2.05) is 60.7 Å². The average molecular weight is 396 g/mol. The fourth-order valence-corrected chi connectivity index (χ4v) is 2.44. The van der Waals surface area contributed by atoms with Crippen LogP contribution < -0.4 is 0 Å². The van der Waals surface area contributed by atoms with Gasteiger partial charge in [-0.3, -0.25) is 9.59 Å². The van der Waals surface area contributed by atoms with Gasteiger partial charge in [-0.15, -0.1) is 0 Å². The van der Waals surface area contributed by atoms with Crippen molar-refractivity contribution in [2.75, 3.05) is 6.61 Å². The summed E-state index contributed by atoms with van der Waals surface area (Å²) in [5.41, 5.74) is 1.61. The number of carbonyl (C=O) groups is 3. The average Bonchev–Trinajstić information content (AvgIpc) is 2.75. The molecule has 0 atom stereocenters. The van der Waals surface area contributed by atoms with E-state index in [4.69, 9.17) is 14.2 Å². The molecule has 0 aliphatic carbocycles. The van der Waals surface area contributed by atoms with Gasteiger partial charge in [0.15, 0.2) is 5.92 Å². The van der Waals surface area contributed by atoms with E-state index < -0.39 is 23.8 Å². The summed E-state index contributed by atoms with van der Waals surface area (Å²) < 4.78 is 15.4. The Balaban J connectivity index is 1.99. The molecule has 152 valence electrons. The molecule has 2 aromatic carbocycles. The van der Waals surface area contributed by atoms with E-state index in [0.29, 0.717) is 0 Å². The molecule has 6 nitrogen and oxygen atoms in total. The highest BCUT2D eigenvalue weighted by atomic mass is 16.6. The monoisotopic (exact) mass is 396 g/mol. The fraction of sp³-hybridized carbons (Fsp3) is 0.261. The van der Waals surface area contributed by atoms with Crippen molar-refractivity contribution in [3.8, 4) is 0 Å². The van der Waals surface area contributed by atoms with Gasteiger partial charge in [0, 0.05) is 6.08 Å². The lowest BCUT2D eigenvalue weighted by atomic mass is 10.1. The third-order valence-corrected chi connectivity index (χ3v) is 3.93. The molecule has 2 aromatic rings. The Morgan fingerprint density at radius 3 is 1.72 bits per heavy atom. The molecular formula is C23H24O6. The number of hydrogen-bond acceptors (Lipinski definition) is 6. The van der Waals surface area contributed by atoms with Gasteiger partial charge in [-0.25, -0.2) is 4.79 Å².